The molecule has 1 rings (SSSR count). The third-order valence-corrected chi connectivity index (χ3v) is 5.94. The zero-order valence-electron chi connectivity index (χ0n) is 11.8. The highest BCUT2D eigenvalue weighted by molar-refractivity contribution is 7.86. The van der Waals surface area contributed by atoms with Crippen molar-refractivity contribution in [2.24, 2.45) is 0 Å². The Bertz CT molecular complexity index is 351. The maximum Gasteiger partial charge on any atom is 0.282 e. The van der Waals surface area contributed by atoms with Crippen LogP contribution in [0.15, 0.2) is 0 Å². The number of halogens is 1. The lowest BCUT2D eigenvalue weighted by molar-refractivity contribution is 0.132. The van der Waals surface area contributed by atoms with Gasteiger partial charge >= 0.3 is 0 Å². The fourth-order valence-corrected chi connectivity index (χ4v) is 4.58. The lowest BCUT2D eigenvalue weighted by Crippen LogP contribution is -2.51. The van der Waals surface area contributed by atoms with E-state index in [0.717, 1.165) is 19.3 Å². The summed E-state index contributed by atoms with van der Waals surface area (Å²) in [6.45, 7) is 6.22. The van der Waals surface area contributed by atoms with Crippen LogP contribution in [0.25, 0.3) is 0 Å². The molecule has 19 heavy (non-hydrogen) atoms. The van der Waals surface area contributed by atoms with E-state index in [-0.39, 0.29) is 6.04 Å². The van der Waals surface area contributed by atoms with E-state index in [1.807, 2.05) is 13.8 Å². The van der Waals surface area contributed by atoms with Crippen LogP contribution in [0.2, 0.25) is 0 Å². The molecule has 7 heteroatoms. The van der Waals surface area contributed by atoms with Gasteiger partial charge in [0.05, 0.1) is 6.61 Å². The van der Waals surface area contributed by atoms with E-state index in [2.05, 4.69) is 0 Å². The summed E-state index contributed by atoms with van der Waals surface area (Å²) >= 11 is 5.91. The number of nitrogens with zero attached hydrogens (tertiary/aromatic N) is 2. The van der Waals surface area contributed by atoms with Gasteiger partial charge in [-0.1, -0.05) is 13.3 Å². The normalized spacial score (nSPS) is 22.0. The molecule has 1 atom stereocenters. The third kappa shape index (κ3) is 4.56. The molecule has 1 heterocycles. The van der Waals surface area contributed by atoms with E-state index in [1.54, 1.807) is 4.31 Å². The first kappa shape index (κ1) is 17.2. The summed E-state index contributed by atoms with van der Waals surface area (Å²) in [5.74, 6) is 0.363. The van der Waals surface area contributed by atoms with Crippen molar-refractivity contribution in [3.05, 3.63) is 0 Å². The molecule has 0 aromatic rings. The van der Waals surface area contributed by atoms with E-state index in [0.29, 0.717) is 38.7 Å². The number of hydrogen-bond acceptors (Lipinski definition) is 3. The van der Waals surface area contributed by atoms with Crippen molar-refractivity contribution in [3.8, 4) is 0 Å². The first-order valence-electron chi connectivity index (χ1n) is 6.98. The average Bonchev–Trinajstić information content (AvgIpc) is 2.43. The first-order chi connectivity index (χ1) is 9.07. The highest BCUT2D eigenvalue weighted by Crippen LogP contribution is 2.23. The van der Waals surface area contributed by atoms with Gasteiger partial charge in [0.15, 0.2) is 0 Å². The number of rotatable bonds is 8. The Morgan fingerprint density at radius 3 is 2.68 bits per heavy atom. The van der Waals surface area contributed by atoms with Crippen LogP contribution in [-0.4, -0.2) is 61.8 Å². The predicted octanol–water partition coefficient (Wildman–Crippen LogP) is 1.68. The second-order valence-corrected chi connectivity index (χ2v) is 6.80. The molecule has 0 aliphatic carbocycles. The molecule has 5 nitrogen and oxygen atoms in total. The Balaban J connectivity index is 2.74. The molecule has 0 spiro atoms. The fourth-order valence-electron chi connectivity index (χ4n) is 2.33. The molecule has 0 radical (unpaired) electrons. The fraction of sp³-hybridized carbons (Fsp3) is 1.00. The van der Waals surface area contributed by atoms with Gasteiger partial charge in [-0.2, -0.15) is 17.0 Å². The summed E-state index contributed by atoms with van der Waals surface area (Å²) in [4.78, 5) is 0. The van der Waals surface area contributed by atoms with E-state index in [4.69, 9.17) is 16.3 Å². The molecule has 0 aromatic heterocycles. The highest BCUT2D eigenvalue weighted by Gasteiger charge is 2.35. The minimum Gasteiger partial charge on any atom is -0.380 e. The summed E-state index contributed by atoms with van der Waals surface area (Å²) in [6, 6.07) is -0.0680. The quantitative estimate of drug-likeness (QED) is 0.506. The Hall–Kier alpha value is 0.120. The van der Waals surface area contributed by atoms with E-state index >= 15 is 0 Å². The van der Waals surface area contributed by atoms with Gasteiger partial charge in [0, 0.05) is 38.2 Å². The topological polar surface area (TPSA) is 49.9 Å². The molecular formula is C12H25ClN2O3S. The monoisotopic (exact) mass is 312 g/mol. The summed E-state index contributed by atoms with van der Waals surface area (Å²) in [5.41, 5.74) is 0. The van der Waals surface area contributed by atoms with Gasteiger partial charge in [-0.15, -0.1) is 11.6 Å². The molecule has 1 unspecified atom stereocenters. The largest absolute Gasteiger partial charge is 0.380 e. The van der Waals surface area contributed by atoms with Crippen molar-refractivity contribution in [3.63, 3.8) is 0 Å². The molecule has 0 bridgehead atoms. The number of likely N-dealkylation sites (N-methyl/N-ethyl adjacent to an activating group) is 1. The molecule has 1 aliphatic rings. The molecule has 1 fully saturated rings. The summed E-state index contributed by atoms with van der Waals surface area (Å²) in [5, 5.41) is 0. The van der Waals surface area contributed by atoms with Crippen molar-refractivity contribution in [2.45, 2.75) is 39.2 Å². The smallest absolute Gasteiger partial charge is 0.282 e. The SMILES string of the molecule is CCOCCN(CC)S(=O)(=O)N1CCCCC1CCl. The van der Waals surface area contributed by atoms with Crippen LogP contribution in [0.5, 0.6) is 0 Å². The second kappa shape index (κ2) is 8.42. The number of piperidine rings is 1. The van der Waals surface area contributed by atoms with Gasteiger partial charge in [-0.05, 0) is 19.8 Å². The van der Waals surface area contributed by atoms with Gasteiger partial charge in [0.2, 0.25) is 0 Å². The van der Waals surface area contributed by atoms with Crippen LogP contribution in [-0.2, 0) is 14.9 Å². The van der Waals surface area contributed by atoms with Crippen molar-refractivity contribution < 1.29 is 13.2 Å². The first-order valence-corrected chi connectivity index (χ1v) is 8.91. The Kier molecular flexibility index (Phi) is 7.61. The Morgan fingerprint density at radius 1 is 1.37 bits per heavy atom. The maximum atomic E-state index is 12.6. The van der Waals surface area contributed by atoms with Crippen molar-refractivity contribution in [1.29, 1.82) is 0 Å². The van der Waals surface area contributed by atoms with Gasteiger partial charge in [-0.3, -0.25) is 0 Å². The maximum absolute atomic E-state index is 12.6. The summed E-state index contributed by atoms with van der Waals surface area (Å²) in [6.07, 6.45) is 2.82. The predicted molar refractivity (Wildman–Crippen MR) is 77.7 cm³/mol. The Morgan fingerprint density at radius 2 is 2.11 bits per heavy atom. The second-order valence-electron chi connectivity index (χ2n) is 4.61. The molecule has 0 aromatic carbocycles. The highest BCUT2D eigenvalue weighted by atomic mass is 35.5. The summed E-state index contributed by atoms with van der Waals surface area (Å²) < 4.78 is 33.5. The van der Waals surface area contributed by atoms with Gasteiger partial charge < -0.3 is 4.74 Å². The number of ether oxygens (including phenoxy) is 1. The molecular weight excluding hydrogens is 288 g/mol. The number of alkyl halides is 1. The molecule has 0 saturated carbocycles. The summed E-state index contributed by atoms with van der Waals surface area (Å²) in [7, 11) is -3.41. The molecule has 114 valence electrons. The minimum absolute atomic E-state index is 0.0680. The standard InChI is InChI=1S/C12H25ClN2O3S/c1-3-14(9-10-18-4-2)19(16,17)15-8-6-5-7-12(15)11-13/h12H,3-11H2,1-2H3. The van der Waals surface area contributed by atoms with Crippen LogP contribution < -0.4 is 0 Å². The molecule has 0 N–H and O–H groups in total. The lowest BCUT2D eigenvalue weighted by Gasteiger charge is -2.36. The van der Waals surface area contributed by atoms with E-state index in [9.17, 15) is 8.42 Å². The van der Waals surface area contributed by atoms with Gasteiger partial charge in [-0.25, -0.2) is 0 Å². The zero-order chi connectivity index (χ0) is 14.3. The molecule has 1 aliphatic heterocycles. The van der Waals surface area contributed by atoms with Crippen LogP contribution in [0.3, 0.4) is 0 Å². The van der Waals surface area contributed by atoms with E-state index in [1.165, 1.54) is 4.31 Å². The van der Waals surface area contributed by atoms with Gasteiger partial charge in [0.25, 0.3) is 10.2 Å². The van der Waals surface area contributed by atoms with Crippen LogP contribution >= 0.6 is 11.6 Å². The van der Waals surface area contributed by atoms with E-state index < -0.39 is 10.2 Å². The minimum atomic E-state index is -3.41. The van der Waals surface area contributed by atoms with Gasteiger partial charge in [0.1, 0.15) is 0 Å². The zero-order valence-corrected chi connectivity index (χ0v) is 13.4. The Labute approximate surface area is 122 Å². The van der Waals surface area contributed by atoms with Crippen molar-refractivity contribution >= 4 is 21.8 Å². The lowest BCUT2D eigenvalue weighted by atomic mass is 10.1. The molecule has 1 saturated heterocycles. The molecule has 0 amide bonds. The van der Waals surface area contributed by atoms with Crippen molar-refractivity contribution in [2.75, 3.05) is 38.7 Å². The third-order valence-electron chi connectivity index (χ3n) is 3.42. The van der Waals surface area contributed by atoms with Crippen LogP contribution in [0.4, 0.5) is 0 Å². The van der Waals surface area contributed by atoms with Crippen LogP contribution in [0, 0.1) is 0 Å². The van der Waals surface area contributed by atoms with Crippen LogP contribution in [0.1, 0.15) is 33.1 Å². The number of hydrogen-bond donors (Lipinski definition) is 0. The van der Waals surface area contributed by atoms with Crippen molar-refractivity contribution in [1.82, 2.24) is 8.61 Å². The average molecular weight is 313 g/mol.